The number of hydrogen-bond donors (Lipinski definition) is 2. The second-order valence-electron chi connectivity index (χ2n) is 5.97. The van der Waals surface area contributed by atoms with Gasteiger partial charge in [-0.05, 0) is 39.0 Å². The van der Waals surface area contributed by atoms with Gasteiger partial charge >= 0.3 is 0 Å². The molecule has 0 fully saturated rings. The van der Waals surface area contributed by atoms with Crippen LogP contribution in [0, 0.1) is 5.92 Å². The molecule has 116 valence electrons. The first-order valence-electron chi connectivity index (χ1n) is 7.77. The van der Waals surface area contributed by atoms with Crippen LogP contribution in [-0.2, 0) is 4.74 Å². The molecule has 3 heteroatoms. The molecule has 0 aliphatic heterocycles. The van der Waals surface area contributed by atoms with Gasteiger partial charge in [0.25, 0.3) is 0 Å². The van der Waals surface area contributed by atoms with E-state index in [0.29, 0.717) is 0 Å². The van der Waals surface area contributed by atoms with Crippen molar-refractivity contribution >= 4 is 0 Å². The normalized spacial score (nSPS) is 38.5. The van der Waals surface area contributed by atoms with Crippen molar-refractivity contribution < 1.29 is 14.9 Å². The summed E-state index contributed by atoms with van der Waals surface area (Å²) in [7, 11) is 1.64. The van der Waals surface area contributed by atoms with Crippen molar-refractivity contribution in [2.24, 2.45) is 5.92 Å². The Labute approximate surface area is 123 Å². The Kier molecular flexibility index (Phi) is 8.12. The standard InChI is InChI=1S/C17H30O3/c1-13-10-11-15(18)8-6-4-5-7-9-16(20-3)17(19)14(2)12-13/h7,9,12,14-19H,4-6,8,10-11H2,1-3H3/b9-7+,13-12-/t14?,15?,16-,17-/m0/s1. The fourth-order valence-corrected chi connectivity index (χ4v) is 2.67. The largest absolute Gasteiger partial charge is 0.393 e. The van der Waals surface area contributed by atoms with Gasteiger partial charge in [-0.15, -0.1) is 0 Å². The Morgan fingerprint density at radius 3 is 2.65 bits per heavy atom. The summed E-state index contributed by atoms with van der Waals surface area (Å²) in [5, 5.41) is 20.3. The van der Waals surface area contributed by atoms with E-state index in [9.17, 15) is 10.2 Å². The fourth-order valence-electron chi connectivity index (χ4n) is 2.67. The predicted octanol–water partition coefficient (Wildman–Crippen LogP) is 3.22. The van der Waals surface area contributed by atoms with Gasteiger partial charge in [-0.1, -0.05) is 37.1 Å². The van der Waals surface area contributed by atoms with Gasteiger partial charge in [0.1, 0.15) is 6.10 Å². The maximum atomic E-state index is 10.3. The highest BCUT2D eigenvalue weighted by atomic mass is 16.5. The highest BCUT2D eigenvalue weighted by Gasteiger charge is 2.21. The van der Waals surface area contributed by atoms with E-state index < -0.39 is 6.10 Å². The molecule has 0 saturated carbocycles. The summed E-state index contributed by atoms with van der Waals surface area (Å²) in [6, 6.07) is 0. The molecule has 1 rings (SSSR count). The molecule has 0 heterocycles. The predicted molar refractivity (Wildman–Crippen MR) is 82.6 cm³/mol. The lowest BCUT2D eigenvalue weighted by Gasteiger charge is -2.23. The number of aliphatic hydroxyl groups excluding tert-OH is 2. The maximum Gasteiger partial charge on any atom is 0.102 e. The van der Waals surface area contributed by atoms with Gasteiger partial charge in [0, 0.05) is 13.0 Å². The quantitative estimate of drug-likeness (QED) is 0.726. The highest BCUT2D eigenvalue weighted by molar-refractivity contribution is 5.05. The molecule has 3 nitrogen and oxygen atoms in total. The summed E-state index contributed by atoms with van der Waals surface area (Å²) >= 11 is 0. The molecule has 0 aromatic carbocycles. The van der Waals surface area contributed by atoms with E-state index in [1.165, 1.54) is 5.57 Å². The van der Waals surface area contributed by atoms with E-state index in [1.54, 1.807) is 7.11 Å². The topological polar surface area (TPSA) is 49.7 Å². The molecule has 1 aliphatic carbocycles. The molecule has 0 bridgehead atoms. The third-order valence-corrected chi connectivity index (χ3v) is 4.05. The molecule has 20 heavy (non-hydrogen) atoms. The molecule has 2 N–H and O–H groups in total. The van der Waals surface area contributed by atoms with Gasteiger partial charge in [0.2, 0.25) is 0 Å². The number of methoxy groups -OCH3 is 1. The number of hydrogen-bond acceptors (Lipinski definition) is 3. The van der Waals surface area contributed by atoms with Crippen LogP contribution in [0.2, 0.25) is 0 Å². The van der Waals surface area contributed by atoms with Crippen LogP contribution in [0.25, 0.3) is 0 Å². The average Bonchev–Trinajstić information content (AvgIpc) is 2.43. The van der Waals surface area contributed by atoms with Crippen LogP contribution >= 0.6 is 0 Å². The van der Waals surface area contributed by atoms with Crippen molar-refractivity contribution in [1.29, 1.82) is 0 Å². The second kappa shape index (κ2) is 9.32. The van der Waals surface area contributed by atoms with E-state index >= 15 is 0 Å². The number of rotatable bonds is 1. The highest BCUT2D eigenvalue weighted by Crippen LogP contribution is 2.19. The molecule has 0 radical (unpaired) electrons. The molecule has 0 spiro atoms. The third kappa shape index (κ3) is 6.21. The number of aliphatic hydroxyl groups is 2. The van der Waals surface area contributed by atoms with Crippen molar-refractivity contribution in [3.8, 4) is 0 Å². The first-order valence-corrected chi connectivity index (χ1v) is 7.77. The molecular weight excluding hydrogens is 252 g/mol. The number of ether oxygens (including phenoxy) is 1. The second-order valence-corrected chi connectivity index (χ2v) is 5.97. The van der Waals surface area contributed by atoms with E-state index in [4.69, 9.17) is 4.74 Å². The van der Waals surface area contributed by atoms with Crippen molar-refractivity contribution in [3.63, 3.8) is 0 Å². The van der Waals surface area contributed by atoms with Gasteiger partial charge in [-0.2, -0.15) is 0 Å². The first kappa shape index (κ1) is 17.4. The molecule has 1 aliphatic rings. The molecule has 0 aromatic rings. The zero-order valence-electron chi connectivity index (χ0n) is 13.1. The zero-order chi connectivity index (χ0) is 15.0. The summed E-state index contributed by atoms with van der Waals surface area (Å²) < 4.78 is 5.38. The van der Waals surface area contributed by atoms with Crippen molar-refractivity contribution in [2.45, 2.75) is 70.7 Å². The van der Waals surface area contributed by atoms with Gasteiger partial charge in [0.05, 0.1) is 12.2 Å². The monoisotopic (exact) mass is 282 g/mol. The molecule has 2 unspecified atom stereocenters. The van der Waals surface area contributed by atoms with Gasteiger partial charge in [-0.3, -0.25) is 0 Å². The summed E-state index contributed by atoms with van der Waals surface area (Å²) in [5.74, 6) is 0.0460. The zero-order valence-corrected chi connectivity index (χ0v) is 13.1. The summed E-state index contributed by atoms with van der Waals surface area (Å²) in [6.45, 7) is 4.08. The summed E-state index contributed by atoms with van der Waals surface area (Å²) in [6.07, 6.45) is 10.9. The molecular formula is C17H30O3. The van der Waals surface area contributed by atoms with Crippen molar-refractivity contribution in [1.82, 2.24) is 0 Å². The van der Waals surface area contributed by atoms with Crippen LogP contribution in [0.15, 0.2) is 23.8 Å². The van der Waals surface area contributed by atoms with Crippen LogP contribution in [-0.4, -0.2) is 35.6 Å². The Bertz CT molecular complexity index is 322. The minimum Gasteiger partial charge on any atom is -0.393 e. The maximum absolute atomic E-state index is 10.3. The van der Waals surface area contributed by atoms with Crippen LogP contribution in [0.5, 0.6) is 0 Å². The minimum absolute atomic E-state index is 0.0460. The van der Waals surface area contributed by atoms with Crippen molar-refractivity contribution in [2.75, 3.05) is 7.11 Å². The Hall–Kier alpha value is -0.640. The SMILES string of the molecule is CO[C@H]1/C=C/CCCCC(O)CC/C(C)=C\C(C)[C@@H]1O. The third-order valence-electron chi connectivity index (χ3n) is 4.05. The van der Waals surface area contributed by atoms with Crippen molar-refractivity contribution in [3.05, 3.63) is 23.8 Å². The van der Waals surface area contributed by atoms with Gasteiger partial charge in [0.15, 0.2) is 0 Å². The van der Waals surface area contributed by atoms with Gasteiger partial charge in [-0.25, -0.2) is 0 Å². The molecule has 4 atom stereocenters. The summed E-state index contributed by atoms with van der Waals surface area (Å²) in [5.41, 5.74) is 1.23. The fraction of sp³-hybridized carbons (Fsp3) is 0.765. The summed E-state index contributed by atoms with van der Waals surface area (Å²) in [4.78, 5) is 0. The van der Waals surface area contributed by atoms with Crippen LogP contribution in [0.3, 0.4) is 0 Å². The Morgan fingerprint density at radius 2 is 1.95 bits per heavy atom. The van der Waals surface area contributed by atoms with E-state index in [1.807, 2.05) is 13.0 Å². The van der Waals surface area contributed by atoms with E-state index in [2.05, 4.69) is 19.1 Å². The van der Waals surface area contributed by atoms with Gasteiger partial charge < -0.3 is 14.9 Å². The molecule has 0 amide bonds. The van der Waals surface area contributed by atoms with Crippen LogP contribution < -0.4 is 0 Å². The van der Waals surface area contributed by atoms with E-state index in [-0.39, 0.29) is 18.1 Å². The average molecular weight is 282 g/mol. The van der Waals surface area contributed by atoms with Crippen LogP contribution in [0.1, 0.15) is 52.4 Å². The molecule has 0 aromatic heterocycles. The Morgan fingerprint density at radius 1 is 1.20 bits per heavy atom. The lowest BCUT2D eigenvalue weighted by atomic mass is 9.94. The molecule has 0 saturated heterocycles. The first-order chi connectivity index (χ1) is 9.54. The lowest BCUT2D eigenvalue weighted by Crippen LogP contribution is -2.31. The lowest BCUT2D eigenvalue weighted by molar-refractivity contribution is -0.00190. The minimum atomic E-state index is -0.529. The number of allylic oxidation sites excluding steroid dienone is 2. The van der Waals surface area contributed by atoms with Crippen LogP contribution in [0.4, 0.5) is 0 Å². The smallest absolute Gasteiger partial charge is 0.102 e. The van der Waals surface area contributed by atoms with E-state index in [0.717, 1.165) is 38.5 Å². The Balaban J connectivity index is 2.76.